The molecule has 2 atom stereocenters. The Bertz CT molecular complexity index is 572. The lowest BCUT2D eigenvalue weighted by Crippen LogP contribution is -2.57. The number of aliphatic hydroxyl groups excluding tert-OH is 1. The second kappa shape index (κ2) is 16.2. The Morgan fingerprint density at radius 3 is 1.81 bits per heavy atom. The van der Waals surface area contributed by atoms with E-state index in [1.165, 1.54) is 51.4 Å². The smallest absolute Gasteiger partial charge is 0.359 e. The van der Waals surface area contributed by atoms with E-state index in [2.05, 4.69) is 11.9 Å². The molecule has 3 N–H and O–H groups in total. The first-order valence-corrected chi connectivity index (χ1v) is 12.3. The lowest BCUT2D eigenvalue weighted by molar-refractivity contribution is -0.862. The molecule has 2 unspecified atom stereocenters. The number of nitrogens with zero attached hydrogens (tertiary/aromatic N) is 3. The zero-order valence-corrected chi connectivity index (χ0v) is 21.2. The molecule has 0 radical (unpaired) electrons. The molecule has 1 rings (SSSR count). The zero-order valence-electron chi connectivity index (χ0n) is 21.2. The molecule has 0 saturated heterocycles. The molecule has 0 aliphatic carbocycles. The van der Waals surface area contributed by atoms with Crippen LogP contribution in [-0.4, -0.2) is 102 Å². The summed E-state index contributed by atoms with van der Waals surface area (Å²) in [6.45, 7) is 6.29. The molecule has 8 nitrogen and oxygen atoms in total. The van der Waals surface area contributed by atoms with Crippen molar-refractivity contribution in [3.63, 3.8) is 0 Å². The number of likely N-dealkylation sites (N-methyl/N-ethyl adjacent to an activating group) is 1. The summed E-state index contributed by atoms with van der Waals surface area (Å²) in [6.07, 6.45) is 12.0. The van der Waals surface area contributed by atoms with Crippen LogP contribution in [0.3, 0.4) is 0 Å². The Hall–Kier alpha value is -1.51. The van der Waals surface area contributed by atoms with Gasteiger partial charge in [-0.15, -0.1) is 0 Å². The van der Waals surface area contributed by atoms with Crippen LogP contribution in [0.2, 0.25) is 0 Å². The first-order chi connectivity index (χ1) is 14.9. The minimum Gasteiger partial charge on any atom is -0.477 e. The van der Waals surface area contributed by atoms with Crippen LogP contribution in [0.25, 0.3) is 0 Å². The zero-order chi connectivity index (χ0) is 24.6. The monoisotopic (exact) mass is 459 g/mol. The fourth-order valence-electron chi connectivity index (χ4n) is 4.18. The van der Waals surface area contributed by atoms with E-state index in [0.717, 1.165) is 19.4 Å². The van der Waals surface area contributed by atoms with Crippen molar-refractivity contribution in [3.05, 3.63) is 0 Å². The summed E-state index contributed by atoms with van der Waals surface area (Å²) in [7, 11) is 5.52. The number of carboxylic acid groups (broad SMARTS) is 2. The summed E-state index contributed by atoms with van der Waals surface area (Å²) in [5.41, 5.74) is 0. The van der Waals surface area contributed by atoms with Crippen molar-refractivity contribution in [2.45, 2.75) is 84.2 Å². The summed E-state index contributed by atoms with van der Waals surface area (Å²) in [4.78, 5) is 25.6. The maximum atomic E-state index is 11.3. The molecule has 0 bridgehead atoms. The van der Waals surface area contributed by atoms with Gasteiger partial charge in [0.2, 0.25) is 5.84 Å². The lowest BCUT2D eigenvalue weighted by Gasteiger charge is -2.34. The van der Waals surface area contributed by atoms with Gasteiger partial charge in [0.25, 0.3) is 0 Å². The minimum atomic E-state index is -0.808. The van der Waals surface area contributed by atoms with E-state index < -0.39 is 18.0 Å². The van der Waals surface area contributed by atoms with Crippen LogP contribution in [0.1, 0.15) is 78.1 Å². The molecule has 1 aliphatic rings. The number of hydrogen-bond acceptors (Lipinski definition) is 4. The van der Waals surface area contributed by atoms with Crippen molar-refractivity contribution in [2.75, 3.05) is 53.9 Å². The average molecular weight is 460 g/mol. The third kappa shape index (κ3) is 14.5. The summed E-state index contributed by atoms with van der Waals surface area (Å²) < 4.78 is 0.833. The quantitative estimate of drug-likeness (QED) is 0.242. The normalized spacial score (nSPS) is 19.1. The highest BCUT2D eigenvalue weighted by Crippen LogP contribution is 2.20. The second-order valence-electron chi connectivity index (χ2n) is 10.1. The maximum Gasteiger partial charge on any atom is 0.359 e. The van der Waals surface area contributed by atoms with Gasteiger partial charge < -0.3 is 19.8 Å². The number of carbonyl (C=O) groups is 2. The number of amidine groups is 1. The second-order valence-corrected chi connectivity index (χ2v) is 10.1. The third-order valence-electron chi connectivity index (χ3n) is 5.65. The van der Waals surface area contributed by atoms with Crippen molar-refractivity contribution in [2.24, 2.45) is 4.99 Å². The number of quaternary nitrogens is 2. The van der Waals surface area contributed by atoms with E-state index in [0.29, 0.717) is 27.9 Å². The number of rotatable bonds is 16. The fraction of sp³-hybridized carbons (Fsp3) is 0.875. The number of aliphatic hydroxyl groups is 1. The predicted molar refractivity (Wildman–Crippen MR) is 129 cm³/mol. The molecule has 32 heavy (non-hydrogen) atoms. The van der Waals surface area contributed by atoms with E-state index in [9.17, 15) is 19.8 Å². The lowest BCUT2D eigenvalue weighted by atomic mass is 10.1. The Kier molecular flexibility index (Phi) is 15.4. The Balaban J connectivity index is 0.00000102. The van der Waals surface area contributed by atoms with Gasteiger partial charge in [0.05, 0.1) is 34.2 Å². The van der Waals surface area contributed by atoms with Crippen LogP contribution in [0.5, 0.6) is 0 Å². The van der Waals surface area contributed by atoms with Gasteiger partial charge in [0.15, 0.2) is 13.1 Å². The summed E-state index contributed by atoms with van der Waals surface area (Å²) >= 11 is 0. The van der Waals surface area contributed by atoms with Gasteiger partial charge in [-0.1, -0.05) is 58.3 Å². The highest BCUT2D eigenvalue weighted by atomic mass is 16.4. The van der Waals surface area contributed by atoms with Crippen molar-refractivity contribution in [1.29, 1.82) is 0 Å². The molecular weight excluding hydrogens is 410 g/mol. The standard InChI is InChI=1S/C19H36N2O3.C5H11NO2/c1-3-4-5-6-7-8-9-10-11-12-14-21(16-18(23)24)15-13-20-19(21)17(2)22;1-6(2,3)4-5(7)8/h17,22H,3-16H2,1-2H3;4H2,1-3H3/p+2. The minimum absolute atomic E-state index is 0.0428. The highest BCUT2D eigenvalue weighted by molar-refractivity contribution is 5.83. The topological polar surface area (TPSA) is 107 Å². The van der Waals surface area contributed by atoms with Crippen LogP contribution in [0.15, 0.2) is 4.99 Å². The van der Waals surface area contributed by atoms with E-state index in [4.69, 9.17) is 5.11 Å². The molecule has 0 amide bonds. The fourth-order valence-corrected chi connectivity index (χ4v) is 4.18. The van der Waals surface area contributed by atoms with Crippen molar-refractivity contribution in [1.82, 2.24) is 0 Å². The van der Waals surface area contributed by atoms with E-state index in [1.54, 1.807) is 6.92 Å². The molecule has 0 aromatic rings. The van der Waals surface area contributed by atoms with Crippen LogP contribution < -0.4 is 0 Å². The molecule has 8 heteroatoms. The Labute approximate surface area is 195 Å². The van der Waals surface area contributed by atoms with Crippen LogP contribution >= 0.6 is 0 Å². The SMILES string of the molecule is CCCCCCCCCCCC[N+]1(CC(=O)O)CCN=C1C(C)O.C[N+](C)(C)CC(=O)O. The van der Waals surface area contributed by atoms with Crippen molar-refractivity contribution >= 4 is 17.8 Å². The molecule has 0 spiro atoms. The van der Waals surface area contributed by atoms with Crippen LogP contribution in [0, 0.1) is 0 Å². The first-order valence-electron chi connectivity index (χ1n) is 12.3. The molecule has 0 saturated carbocycles. The van der Waals surface area contributed by atoms with Gasteiger partial charge in [-0.05, 0) is 19.8 Å². The average Bonchev–Trinajstić information content (AvgIpc) is 3.05. The van der Waals surface area contributed by atoms with Crippen LogP contribution in [0.4, 0.5) is 0 Å². The summed E-state index contributed by atoms with van der Waals surface area (Å²) in [5, 5.41) is 27.4. The number of hydrogen-bond donors (Lipinski definition) is 3. The number of carboxylic acids is 2. The molecular formula is C24H49N3O5+2. The van der Waals surface area contributed by atoms with Gasteiger partial charge in [-0.3, -0.25) is 4.48 Å². The van der Waals surface area contributed by atoms with E-state index in [1.807, 2.05) is 21.1 Å². The molecule has 0 fully saturated rings. The predicted octanol–water partition coefficient (Wildman–Crippen LogP) is 3.38. The van der Waals surface area contributed by atoms with E-state index in [-0.39, 0.29) is 13.1 Å². The summed E-state index contributed by atoms with van der Waals surface area (Å²) in [5.74, 6) is -0.900. The van der Waals surface area contributed by atoms with Gasteiger partial charge in [-0.25, -0.2) is 14.6 Å². The van der Waals surface area contributed by atoms with Crippen molar-refractivity contribution < 1.29 is 33.9 Å². The van der Waals surface area contributed by atoms with E-state index >= 15 is 0 Å². The highest BCUT2D eigenvalue weighted by Gasteiger charge is 2.42. The molecule has 1 heterocycles. The largest absolute Gasteiger partial charge is 0.477 e. The number of aliphatic carboxylic acids is 2. The van der Waals surface area contributed by atoms with Gasteiger partial charge in [0.1, 0.15) is 12.6 Å². The molecule has 0 aromatic carbocycles. The van der Waals surface area contributed by atoms with Gasteiger partial charge in [-0.2, -0.15) is 0 Å². The number of aliphatic imine (C=N–C) groups is 1. The van der Waals surface area contributed by atoms with Gasteiger partial charge in [0, 0.05) is 0 Å². The molecule has 1 aliphatic heterocycles. The number of unbranched alkanes of at least 4 members (excludes halogenated alkanes) is 9. The van der Waals surface area contributed by atoms with Crippen LogP contribution in [-0.2, 0) is 9.59 Å². The molecule has 0 aromatic heterocycles. The third-order valence-corrected chi connectivity index (χ3v) is 5.65. The Morgan fingerprint density at radius 1 is 0.938 bits per heavy atom. The first kappa shape index (κ1) is 30.5. The van der Waals surface area contributed by atoms with Crippen molar-refractivity contribution in [3.8, 4) is 0 Å². The molecule has 188 valence electrons. The van der Waals surface area contributed by atoms with Gasteiger partial charge >= 0.3 is 11.9 Å². The Morgan fingerprint density at radius 2 is 1.44 bits per heavy atom. The summed E-state index contributed by atoms with van der Waals surface area (Å²) in [6, 6.07) is 0. The maximum absolute atomic E-state index is 11.3.